The molecule has 0 N–H and O–H groups in total. The van der Waals surface area contributed by atoms with Gasteiger partial charge in [0.25, 0.3) is 5.91 Å². The van der Waals surface area contributed by atoms with Crippen LogP contribution in [0.1, 0.15) is 24.2 Å². The maximum absolute atomic E-state index is 12.4. The molecule has 0 saturated carbocycles. The van der Waals surface area contributed by atoms with Crippen LogP contribution >= 0.6 is 11.6 Å². The highest BCUT2D eigenvalue weighted by molar-refractivity contribution is 6.33. The quantitative estimate of drug-likeness (QED) is 0.798. The third-order valence-corrected chi connectivity index (χ3v) is 2.74. The van der Waals surface area contributed by atoms with Gasteiger partial charge in [0.05, 0.1) is 17.2 Å². The van der Waals surface area contributed by atoms with Crippen molar-refractivity contribution in [1.82, 2.24) is 9.88 Å². The number of nitrogens with zero attached hydrogens (tertiary/aromatic N) is 2. The summed E-state index contributed by atoms with van der Waals surface area (Å²) in [6, 6.07) is 1.64. The lowest BCUT2D eigenvalue weighted by molar-refractivity contribution is 0.0672. The zero-order valence-corrected chi connectivity index (χ0v) is 11.8. The molecule has 0 aliphatic carbocycles. The second-order valence-electron chi connectivity index (χ2n) is 4.49. The van der Waals surface area contributed by atoms with Crippen LogP contribution in [0.5, 0.6) is 0 Å². The van der Waals surface area contributed by atoms with Crippen molar-refractivity contribution in [3.63, 3.8) is 0 Å². The van der Waals surface area contributed by atoms with Gasteiger partial charge in [-0.1, -0.05) is 25.4 Å². The molecule has 1 aromatic heterocycles. The van der Waals surface area contributed by atoms with Gasteiger partial charge in [-0.2, -0.15) is 0 Å². The Hall–Kier alpha value is -1.13. The average Bonchev–Trinajstić information content (AvgIpc) is 2.34. The number of halogens is 1. The summed E-state index contributed by atoms with van der Waals surface area (Å²) in [5.41, 5.74) is 0.489. The number of ether oxygens (including phenoxy) is 1. The van der Waals surface area contributed by atoms with E-state index in [1.165, 1.54) is 6.20 Å². The number of hydrogen-bond acceptors (Lipinski definition) is 3. The third-order valence-electron chi connectivity index (χ3n) is 2.44. The van der Waals surface area contributed by atoms with Crippen molar-refractivity contribution in [2.24, 2.45) is 5.92 Å². The molecule has 4 nitrogen and oxygen atoms in total. The number of pyridine rings is 1. The zero-order valence-electron chi connectivity index (χ0n) is 11.0. The fourth-order valence-corrected chi connectivity index (χ4v) is 1.84. The molecule has 1 aromatic rings. The molecule has 0 radical (unpaired) electrons. The summed E-state index contributed by atoms with van der Waals surface area (Å²) in [4.78, 5) is 18.0. The number of methoxy groups -OCH3 is 1. The van der Waals surface area contributed by atoms with Crippen molar-refractivity contribution in [1.29, 1.82) is 0 Å². The molecule has 0 spiro atoms. The van der Waals surface area contributed by atoms with Gasteiger partial charge in [0, 0.05) is 32.6 Å². The van der Waals surface area contributed by atoms with Gasteiger partial charge in [-0.05, 0) is 12.0 Å². The summed E-state index contributed by atoms with van der Waals surface area (Å²) in [5, 5.41) is 0.383. The first-order valence-electron chi connectivity index (χ1n) is 5.94. The number of aromatic nitrogens is 1. The van der Waals surface area contributed by atoms with Gasteiger partial charge in [0.2, 0.25) is 0 Å². The Balaban J connectivity index is 2.84. The highest BCUT2D eigenvalue weighted by Crippen LogP contribution is 2.16. The van der Waals surface area contributed by atoms with E-state index in [0.29, 0.717) is 36.2 Å². The van der Waals surface area contributed by atoms with Gasteiger partial charge in [0.15, 0.2) is 0 Å². The molecule has 1 amide bonds. The van der Waals surface area contributed by atoms with E-state index in [0.717, 1.165) is 0 Å². The van der Waals surface area contributed by atoms with Gasteiger partial charge in [-0.15, -0.1) is 0 Å². The van der Waals surface area contributed by atoms with Gasteiger partial charge < -0.3 is 9.64 Å². The Kier molecular flexibility index (Phi) is 6.09. The lowest BCUT2D eigenvalue weighted by Crippen LogP contribution is -2.36. The summed E-state index contributed by atoms with van der Waals surface area (Å²) in [6.07, 6.45) is 3.06. The van der Waals surface area contributed by atoms with E-state index < -0.39 is 0 Å². The summed E-state index contributed by atoms with van der Waals surface area (Å²) in [6.45, 7) is 5.90. The molecule has 0 aromatic carbocycles. The minimum absolute atomic E-state index is 0.0758. The molecule has 0 atom stereocenters. The maximum atomic E-state index is 12.4. The Labute approximate surface area is 113 Å². The van der Waals surface area contributed by atoms with E-state index in [1.54, 1.807) is 24.3 Å². The second-order valence-corrected chi connectivity index (χ2v) is 4.90. The van der Waals surface area contributed by atoms with E-state index in [2.05, 4.69) is 18.8 Å². The molecule has 0 unspecified atom stereocenters. The summed E-state index contributed by atoms with van der Waals surface area (Å²) >= 11 is 5.99. The second kappa shape index (κ2) is 7.34. The Morgan fingerprint density at radius 3 is 2.83 bits per heavy atom. The van der Waals surface area contributed by atoms with E-state index in [4.69, 9.17) is 16.3 Å². The van der Waals surface area contributed by atoms with Crippen LogP contribution in [-0.2, 0) is 4.74 Å². The number of amides is 1. The first-order valence-corrected chi connectivity index (χ1v) is 6.31. The number of hydrogen-bond donors (Lipinski definition) is 0. The molecule has 1 rings (SSSR count). The number of carbonyl (C=O) groups is 1. The minimum atomic E-state index is -0.0758. The maximum Gasteiger partial charge on any atom is 0.255 e. The van der Waals surface area contributed by atoms with E-state index in [-0.39, 0.29) is 5.91 Å². The predicted octanol–water partition coefficient (Wildman–Crippen LogP) is 2.48. The van der Waals surface area contributed by atoms with Crippen LogP contribution in [-0.4, -0.2) is 42.6 Å². The molecule has 5 heteroatoms. The van der Waals surface area contributed by atoms with E-state index in [1.807, 2.05) is 0 Å². The smallest absolute Gasteiger partial charge is 0.255 e. The summed E-state index contributed by atoms with van der Waals surface area (Å²) in [7, 11) is 1.62. The minimum Gasteiger partial charge on any atom is -0.383 e. The molecule has 0 aliphatic rings. The first-order chi connectivity index (χ1) is 8.56. The molecule has 0 fully saturated rings. The van der Waals surface area contributed by atoms with Gasteiger partial charge in [0.1, 0.15) is 0 Å². The van der Waals surface area contributed by atoms with Gasteiger partial charge >= 0.3 is 0 Å². The first kappa shape index (κ1) is 14.9. The van der Waals surface area contributed by atoms with Crippen LogP contribution in [0.3, 0.4) is 0 Å². The molecule has 0 aliphatic heterocycles. The van der Waals surface area contributed by atoms with Crippen LogP contribution in [0.4, 0.5) is 0 Å². The van der Waals surface area contributed by atoms with Crippen LogP contribution in [0, 0.1) is 5.92 Å². The van der Waals surface area contributed by atoms with Crippen molar-refractivity contribution >= 4 is 17.5 Å². The molecular formula is C13H19ClN2O2. The largest absolute Gasteiger partial charge is 0.383 e. The van der Waals surface area contributed by atoms with Gasteiger partial charge in [-0.25, -0.2) is 0 Å². The Morgan fingerprint density at radius 2 is 2.28 bits per heavy atom. The molecule has 18 heavy (non-hydrogen) atoms. The SMILES string of the molecule is COCCN(CC(C)C)C(=O)c1ccncc1Cl. The van der Waals surface area contributed by atoms with Crippen LogP contribution in [0.25, 0.3) is 0 Å². The molecule has 0 bridgehead atoms. The zero-order chi connectivity index (χ0) is 13.5. The van der Waals surface area contributed by atoms with Crippen LogP contribution < -0.4 is 0 Å². The number of rotatable bonds is 6. The van der Waals surface area contributed by atoms with Crippen LogP contribution in [0.2, 0.25) is 5.02 Å². The molecule has 100 valence electrons. The van der Waals surface area contributed by atoms with Crippen molar-refractivity contribution in [2.75, 3.05) is 26.8 Å². The summed E-state index contributed by atoms with van der Waals surface area (Å²) < 4.78 is 5.03. The Bertz CT molecular complexity index is 396. The van der Waals surface area contributed by atoms with Crippen molar-refractivity contribution in [3.05, 3.63) is 29.0 Å². The number of carbonyl (C=O) groups excluding carboxylic acids is 1. The molecular weight excluding hydrogens is 252 g/mol. The Morgan fingerprint density at radius 1 is 1.56 bits per heavy atom. The fraction of sp³-hybridized carbons (Fsp3) is 0.538. The fourth-order valence-electron chi connectivity index (χ4n) is 1.64. The monoisotopic (exact) mass is 270 g/mol. The van der Waals surface area contributed by atoms with E-state index in [9.17, 15) is 4.79 Å². The lowest BCUT2D eigenvalue weighted by Gasteiger charge is -2.24. The molecule has 1 heterocycles. The van der Waals surface area contributed by atoms with Crippen molar-refractivity contribution < 1.29 is 9.53 Å². The predicted molar refractivity (Wildman–Crippen MR) is 71.9 cm³/mol. The average molecular weight is 271 g/mol. The highest BCUT2D eigenvalue weighted by Gasteiger charge is 2.18. The normalized spacial score (nSPS) is 10.7. The topological polar surface area (TPSA) is 42.4 Å². The lowest BCUT2D eigenvalue weighted by atomic mass is 10.1. The van der Waals surface area contributed by atoms with Gasteiger partial charge in [-0.3, -0.25) is 9.78 Å². The highest BCUT2D eigenvalue weighted by atomic mass is 35.5. The van der Waals surface area contributed by atoms with Crippen molar-refractivity contribution in [3.8, 4) is 0 Å². The summed E-state index contributed by atoms with van der Waals surface area (Å²) in [5.74, 6) is 0.319. The van der Waals surface area contributed by atoms with Crippen molar-refractivity contribution in [2.45, 2.75) is 13.8 Å². The van der Waals surface area contributed by atoms with E-state index >= 15 is 0 Å². The standard InChI is InChI=1S/C13H19ClN2O2/c1-10(2)9-16(6-7-18-3)13(17)11-4-5-15-8-12(11)14/h4-5,8,10H,6-7,9H2,1-3H3. The van der Waals surface area contributed by atoms with Crippen LogP contribution in [0.15, 0.2) is 18.5 Å². The third kappa shape index (κ3) is 4.27. The molecule has 0 saturated heterocycles.